The molecule has 0 aromatic carbocycles. The van der Waals surface area contributed by atoms with Gasteiger partial charge >= 0.3 is 5.97 Å². The maximum absolute atomic E-state index is 11.7. The summed E-state index contributed by atoms with van der Waals surface area (Å²) in [4.78, 5) is 22.6. The highest BCUT2D eigenvalue weighted by atomic mass is 16.4. The first-order chi connectivity index (χ1) is 7.99. The van der Waals surface area contributed by atoms with Crippen molar-refractivity contribution < 1.29 is 9.90 Å². The first kappa shape index (κ1) is 11.1. The fourth-order valence-corrected chi connectivity index (χ4v) is 1.46. The number of carbonyl (C=O) groups is 1. The van der Waals surface area contributed by atoms with E-state index in [2.05, 4.69) is 10.2 Å². The number of hydrogen-bond acceptors (Lipinski definition) is 4. The van der Waals surface area contributed by atoms with Gasteiger partial charge in [-0.1, -0.05) is 0 Å². The average Bonchev–Trinajstić information content (AvgIpc) is 2.64. The molecule has 2 aromatic rings. The summed E-state index contributed by atoms with van der Waals surface area (Å²) in [6, 6.07) is 1.24. The molecule has 2 heterocycles. The highest BCUT2D eigenvalue weighted by Crippen LogP contribution is 2.05. The molecule has 0 aliphatic rings. The summed E-state index contributed by atoms with van der Waals surface area (Å²) in [6.07, 6.45) is 3.02. The van der Waals surface area contributed by atoms with Crippen molar-refractivity contribution >= 4 is 5.97 Å². The standard InChI is InChI=1S/C10H10N4O3/c1-6-3-8(15)14(12-9(6)10(16)17)7-4-11-13(2)5-7/h3-5H,1-2H3,(H,16,17). The number of nitrogens with zero attached hydrogens (tertiary/aromatic N) is 4. The molecule has 0 amide bonds. The van der Waals surface area contributed by atoms with Crippen LogP contribution in [0.1, 0.15) is 16.1 Å². The normalized spacial score (nSPS) is 10.5. The van der Waals surface area contributed by atoms with Crippen LogP contribution in [0, 0.1) is 6.92 Å². The molecule has 0 fully saturated rings. The van der Waals surface area contributed by atoms with Crippen molar-refractivity contribution in [3.05, 3.63) is 40.1 Å². The fraction of sp³-hybridized carbons (Fsp3) is 0.200. The summed E-state index contributed by atoms with van der Waals surface area (Å²) in [7, 11) is 1.70. The monoisotopic (exact) mass is 234 g/mol. The minimum absolute atomic E-state index is 0.145. The van der Waals surface area contributed by atoms with E-state index in [1.54, 1.807) is 13.2 Å². The predicted octanol–water partition coefficient (Wildman–Crippen LogP) is -0.0274. The van der Waals surface area contributed by atoms with Crippen LogP contribution in [-0.4, -0.2) is 30.6 Å². The first-order valence-corrected chi connectivity index (χ1v) is 4.82. The summed E-state index contributed by atoms with van der Waals surface area (Å²) < 4.78 is 2.52. The zero-order chi connectivity index (χ0) is 12.6. The highest BCUT2D eigenvalue weighted by Gasteiger charge is 2.13. The molecule has 0 radical (unpaired) electrons. The van der Waals surface area contributed by atoms with Gasteiger partial charge in [0.15, 0.2) is 5.69 Å². The lowest BCUT2D eigenvalue weighted by atomic mass is 10.2. The molecule has 0 saturated heterocycles. The van der Waals surface area contributed by atoms with Crippen LogP contribution in [0.3, 0.4) is 0 Å². The van der Waals surface area contributed by atoms with Gasteiger partial charge in [0.1, 0.15) is 5.69 Å². The van der Waals surface area contributed by atoms with Gasteiger partial charge in [-0.25, -0.2) is 4.79 Å². The molecular weight excluding hydrogens is 224 g/mol. The molecule has 0 unspecified atom stereocenters. The molecule has 0 saturated carbocycles. The lowest BCUT2D eigenvalue weighted by Gasteiger charge is -2.04. The van der Waals surface area contributed by atoms with Gasteiger partial charge in [0.2, 0.25) is 0 Å². The van der Waals surface area contributed by atoms with Crippen molar-refractivity contribution in [3.8, 4) is 5.69 Å². The van der Waals surface area contributed by atoms with Crippen LogP contribution < -0.4 is 5.56 Å². The Bertz CT molecular complexity index is 641. The second kappa shape index (κ2) is 3.85. The molecule has 2 rings (SSSR count). The zero-order valence-electron chi connectivity index (χ0n) is 9.28. The van der Waals surface area contributed by atoms with E-state index >= 15 is 0 Å². The van der Waals surface area contributed by atoms with E-state index in [4.69, 9.17) is 5.11 Å². The number of carboxylic acid groups (broad SMARTS) is 1. The van der Waals surface area contributed by atoms with E-state index in [0.717, 1.165) is 4.68 Å². The van der Waals surface area contributed by atoms with Crippen LogP contribution in [0.2, 0.25) is 0 Å². The third-order valence-corrected chi connectivity index (χ3v) is 2.26. The van der Waals surface area contributed by atoms with E-state index in [1.807, 2.05) is 0 Å². The Kier molecular flexibility index (Phi) is 2.51. The molecule has 1 N–H and O–H groups in total. The molecule has 7 nitrogen and oxygen atoms in total. The number of carboxylic acids is 1. The average molecular weight is 234 g/mol. The molecule has 7 heteroatoms. The van der Waals surface area contributed by atoms with Crippen LogP contribution in [-0.2, 0) is 7.05 Å². The van der Waals surface area contributed by atoms with Crippen LogP contribution in [0.5, 0.6) is 0 Å². The fourth-order valence-electron chi connectivity index (χ4n) is 1.46. The van der Waals surface area contributed by atoms with Gasteiger partial charge in [0.05, 0.1) is 12.4 Å². The molecule has 88 valence electrons. The summed E-state index contributed by atoms with van der Waals surface area (Å²) >= 11 is 0. The lowest BCUT2D eigenvalue weighted by Crippen LogP contribution is -2.24. The number of hydrogen-bond donors (Lipinski definition) is 1. The van der Waals surface area contributed by atoms with Crippen LogP contribution in [0.25, 0.3) is 5.69 Å². The third-order valence-electron chi connectivity index (χ3n) is 2.26. The summed E-state index contributed by atoms with van der Waals surface area (Å²) in [5.41, 5.74) is 0.233. The molecule has 0 spiro atoms. The van der Waals surface area contributed by atoms with Crippen molar-refractivity contribution in [2.45, 2.75) is 6.92 Å². The van der Waals surface area contributed by atoms with Crippen molar-refractivity contribution in [1.82, 2.24) is 19.6 Å². The van der Waals surface area contributed by atoms with Crippen molar-refractivity contribution in [1.29, 1.82) is 0 Å². The lowest BCUT2D eigenvalue weighted by molar-refractivity contribution is 0.0687. The van der Waals surface area contributed by atoms with Crippen molar-refractivity contribution in [3.63, 3.8) is 0 Å². The Morgan fingerprint density at radius 2 is 2.18 bits per heavy atom. The second-order valence-electron chi connectivity index (χ2n) is 3.60. The molecule has 2 aromatic heterocycles. The summed E-state index contributed by atoms with van der Waals surface area (Å²) in [5.74, 6) is -1.17. The Morgan fingerprint density at radius 1 is 1.47 bits per heavy atom. The van der Waals surface area contributed by atoms with Gasteiger partial charge in [-0.15, -0.1) is 0 Å². The van der Waals surface area contributed by atoms with E-state index in [0.29, 0.717) is 11.3 Å². The Hall–Kier alpha value is -2.44. The molecule has 0 aliphatic carbocycles. The van der Waals surface area contributed by atoms with E-state index in [1.165, 1.54) is 23.9 Å². The summed E-state index contributed by atoms with van der Waals surface area (Å²) in [5, 5.41) is 16.6. The van der Waals surface area contributed by atoms with Gasteiger partial charge in [-0.05, 0) is 12.5 Å². The van der Waals surface area contributed by atoms with Gasteiger partial charge in [0.25, 0.3) is 5.56 Å². The molecule has 0 aliphatic heterocycles. The van der Waals surface area contributed by atoms with Crippen LogP contribution in [0.4, 0.5) is 0 Å². The molecule has 0 bridgehead atoms. The topological polar surface area (TPSA) is 90.0 Å². The van der Waals surface area contributed by atoms with Gasteiger partial charge in [-0.3, -0.25) is 9.48 Å². The Balaban J connectivity index is 2.66. The highest BCUT2D eigenvalue weighted by molar-refractivity contribution is 5.86. The Morgan fingerprint density at radius 3 is 2.71 bits per heavy atom. The maximum Gasteiger partial charge on any atom is 0.356 e. The molecule has 17 heavy (non-hydrogen) atoms. The van der Waals surface area contributed by atoms with Crippen molar-refractivity contribution in [2.24, 2.45) is 7.05 Å². The number of rotatable bonds is 2. The van der Waals surface area contributed by atoms with E-state index in [-0.39, 0.29) is 11.3 Å². The third kappa shape index (κ3) is 1.94. The van der Waals surface area contributed by atoms with E-state index < -0.39 is 5.97 Å². The van der Waals surface area contributed by atoms with Gasteiger partial charge < -0.3 is 5.11 Å². The van der Waals surface area contributed by atoms with Gasteiger partial charge in [-0.2, -0.15) is 14.9 Å². The predicted molar refractivity (Wildman–Crippen MR) is 58.3 cm³/mol. The Labute approximate surface area is 95.9 Å². The minimum Gasteiger partial charge on any atom is -0.476 e. The smallest absolute Gasteiger partial charge is 0.356 e. The van der Waals surface area contributed by atoms with E-state index in [9.17, 15) is 9.59 Å². The van der Waals surface area contributed by atoms with Crippen LogP contribution in [0.15, 0.2) is 23.3 Å². The number of aromatic nitrogens is 4. The number of aryl methyl sites for hydroxylation is 2. The zero-order valence-corrected chi connectivity index (χ0v) is 9.28. The molecule has 0 atom stereocenters. The largest absolute Gasteiger partial charge is 0.476 e. The second-order valence-corrected chi connectivity index (χ2v) is 3.60. The van der Waals surface area contributed by atoms with Crippen LogP contribution >= 0.6 is 0 Å². The van der Waals surface area contributed by atoms with Crippen molar-refractivity contribution in [2.75, 3.05) is 0 Å². The molecular formula is C10H10N4O3. The number of aromatic carboxylic acids is 1. The minimum atomic E-state index is -1.17. The van der Waals surface area contributed by atoms with Gasteiger partial charge in [0, 0.05) is 13.1 Å². The summed E-state index contributed by atoms with van der Waals surface area (Å²) in [6.45, 7) is 1.53. The SMILES string of the molecule is Cc1cc(=O)n(-c2cnn(C)c2)nc1C(=O)O. The maximum atomic E-state index is 11.7. The first-order valence-electron chi connectivity index (χ1n) is 4.82. The quantitative estimate of drug-likeness (QED) is 0.788.